The Morgan fingerprint density at radius 2 is 2.33 bits per heavy atom. The van der Waals surface area contributed by atoms with Crippen LogP contribution in [-0.4, -0.2) is 15.1 Å². The summed E-state index contributed by atoms with van der Waals surface area (Å²) in [4.78, 5) is 15.1. The molecule has 0 fully saturated rings. The van der Waals surface area contributed by atoms with Crippen molar-refractivity contribution in [1.82, 2.24) is 9.97 Å². The van der Waals surface area contributed by atoms with Crippen molar-refractivity contribution in [3.63, 3.8) is 0 Å². The number of rotatable bonds is 2. The summed E-state index contributed by atoms with van der Waals surface area (Å²) in [7, 11) is 0. The molecule has 1 aromatic heterocycles. The Bertz CT molecular complexity index is 357. The van der Waals surface area contributed by atoms with Gasteiger partial charge in [-0.25, -0.2) is 4.79 Å². The second-order valence-corrected chi connectivity index (χ2v) is 2.36. The van der Waals surface area contributed by atoms with Crippen molar-refractivity contribution in [3.05, 3.63) is 16.2 Å². The highest BCUT2D eigenvalue weighted by Gasteiger charge is 2.12. The van der Waals surface area contributed by atoms with E-state index in [0.29, 0.717) is 0 Å². The first-order valence-corrected chi connectivity index (χ1v) is 3.35. The second kappa shape index (κ2) is 3.15. The maximum atomic E-state index is 10.6. The van der Waals surface area contributed by atoms with Gasteiger partial charge >= 0.3 is 5.69 Å². The largest absolute Gasteiger partial charge is 0.493 e. The SMILES string of the molecule is C#CC[C@H](N)c1[nH]c(=O)[nH]c1O. The van der Waals surface area contributed by atoms with Crippen LogP contribution in [0.25, 0.3) is 0 Å². The van der Waals surface area contributed by atoms with Gasteiger partial charge in [0.15, 0.2) is 0 Å². The van der Waals surface area contributed by atoms with Crippen molar-refractivity contribution in [3.8, 4) is 18.2 Å². The summed E-state index contributed by atoms with van der Waals surface area (Å²) >= 11 is 0. The normalized spacial score (nSPS) is 12.3. The number of imidazole rings is 1. The molecule has 0 aliphatic carbocycles. The zero-order valence-electron chi connectivity index (χ0n) is 6.29. The maximum Gasteiger partial charge on any atom is 0.326 e. The molecule has 0 radical (unpaired) electrons. The topological polar surface area (TPSA) is 94.9 Å². The van der Waals surface area contributed by atoms with Crippen molar-refractivity contribution in [1.29, 1.82) is 0 Å². The van der Waals surface area contributed by atoms with Crippen LogP contribution >= 0.6 is 0 Å². The van der Waals surface area contributed by atoms with Crippen molar-refractivity contribution in [2.45, 2.75) is 12.5 Å². The van der Waals surface area contributed by atoms with Crippen LogP contribution in [0, 0.1) is 12.3 Å². The Hall–Kier alpha value is -1.67. The minimum Gasteiger partial charge on any atom is -0.493 e. The zero-order valence-corrected chi connectivity index (χ0v) is 6.29. The molecule has 0 saturated carbocycles. The predicted octanol–water partition coefficient (Wildman–Crippen LogP) is -0.568. The lowest BCUT2D eigenvalue weighted by molar-refractivity contribution is 0.443. The van der Waals surface area contributed by atoms with Crippen LogP contribution in [0.15, 0.2) is 4.79 Å². The lowest BCUT2D eigenvalue weighted by Gasteiger charge is -2.03. The molecule has 0 amide bonds. The van der Waals surface area contributed by atoms with Gasteiger partial charge in [0.1, 0.15) is 0 Å². The predicted molar refractivity (Wildman–Crippen MR) is 43.5 cm³/mol. The molecule has 0 saturated heterocycles. The molecule has 64 valence electrons. The standard InChI is InChI=1S/C7H9N3O2/c1-2-3-4(8)5-6(11)10-7(12)9-5/h1,4,11H,3,8H2,(H2,9,10,12)/t4-/m0/s1. The lowest BCUT2D eigenvalue weighted by atomic mass is 10.2. The number of nitrogens with one attached hydrogen (secondary N) is 2. The fourth-order valence-corrected chi connectivity index (χ4v) is 0.885. The zero-order chi connectivity index (χ0) is 9.14. The van der Waals surface area contributed by atoms with Gasteiger partial charge in [-0.3, -0.25) is 4.98 Å². The Balaban J connectivity index is 2.95. The molecule has 0 spiro atoms. The Kier molecular flexibility index (Phi) is 2.21. The molecule has 1 rings (SSSR count). The van der Waals surface area contributed by atoms with Gasteiger partial charge in [0.25, 0.3) is 0 Å². The van der Waals surface area contributed by atoms with Crippen molar-refractivity contribution in [2.75, 3.05) is 0 Å². The number of aromatic amines is 2. The molecule has 1 aromatic rings. The Morgan fingerprint density at radius 1 is 1.67 bits per heavy atom. The number of aromatic nitrogens is 2. The number of aromatic hydroxyl groups is 1. The van der Waals surface area contributed by atoms with Gasteiger partial charge in [-0.2, -0.15) is 0 Å². The van der Waals surface area contributed by atoms with Gasteiger partial charge < -0.3 is 15.8 Å². The third-order valence-corrected chi connectivity index (χ3v) is 1.44. The van der Waals surface area contributed by atoms with Crippen molar-refractivity contribution >= 4 is 0 Å². The van der Waals surface area contributed by atoms with Crippen molar-refractivity contribution < 1.29 is 5.11 Å². The molecule has 5 heteroatoms. The minimum atomic E-state index is -0.533. The lowest BCUT2D eigenvalue weighted by Crippen LogP contribution is -2.11. The fraction of sp³-hybridized carbons (Fsp3) is 0.286. The summed E-state index contributed by atoms with van der Waals surface area (Å²) in [5.41, 5.74) is 5.28. The van der Waals surface area contributed by atoms with Crippen LogP contribution in [0.5, 0.6) is 5.88 Å². The number of hydrogen-bond acceptors (Lipinski definition) is 3. The Morgan fingerprint density at radius 3 is 2.75 bits per heavy atom. The molecule has 1 heterocycles. The van der Waals surface area contributed by atoms with Gasteiger partial charge in [0, 0.05) is 6.42 Å². The molecule has 5 N–H and O–H groups in total. The quantitative estimate of drug-likeness (QED) is 0.444. The van der Waals surface area contributed by atoms with Crippen LogP contribution in [0.2, 0.25) is 0 Å². The molecular weight excluding hydrogens is 158 g/mol. The van der Waals surface area contributed by atoms with Crippen molar-refractivity contribution in [2.24, 2.45) is 5.73 Å². The van der Waals surface area contributed by atoms with Crippen LogP contribution < -0.4 is 11.4 Å². The van der Waals surface area contributed by atoms with Gasteiger partial charge in [-0.1, -0.05) is 0 Å². The van der Waals surface area contributed by atoms with E-state index in [9.17, 15) is 4.79 Å². The highest BCUT2D eigenvalue weighted by atomic mass is 16.3. The summed E-state index contributed by atoms with van der Waals surface area (Å²) < 4.78 is 0. The monoisotopic (exact) mass is 167 g/mol. The van der Waals surface area contributed by atoms with Gasteiger partial charge in [-0.05, 0) is 0 Å². The second-order valence-electron chi connectivity index (χ2n) is 2.36. The third-order valence-electron chi connectivity index (χ3n) is 1.44. The third kappa shape index (κ3) is 1.49. The molecule has 1 atom stereocenters. The van der Waals surface area contributed by atoms with Gasteiger partial charge in [0.2, 0.25) is 5.88 Å². The number of hydrogen-bond donors (Lipinski definition) is 4. The highest BCUT2D eigenvalue weighted by molar-refractivity contribution is 5.20. The molecule has 0 aliphatic rings. The Labute approximate surface area is 68.6 Å². The van der Waals surface area contributed by atoms with Crippen LogP contribution in [0.3, 0.4) is 0 Å². The van der Waals surface area contributed by atoms with E-state index in [4.69, 9.17) is 17.3 Å². The summed E-state index contributed by atoms with van der Waals surface area (Å²) in [5, 5.41) is 9.09. The molecule has 0 bridgehead atoms. The first kappa shape index (κ1) is 8.43. The summed E-state index contributed by atoms with van der Waals surface area (Å²) in [6, 6.07) is -0.533. The van der Waals surface area contributed by atoms with E-state index in [1.54, 1.807) is 0 Å². The van der Waals surface area contributed by atoms with Crippen LogP contribution in [0.4, 0.5) is 0 Å². The first-order chi connectivity index (χ1) is 5.65. The summed E-state index contributed by atoms with van der Waals surface area (Å²) in [6.45, 7) is 0. The van der Waals surface area contributed by atoms with E-state index >= 15 is 0 Å². The van der Waals surface area contributed by atoms with Gasteiger partial charge in [0.05, 0.1) is 11.7 Å². The van der Waals surface area contributed by atoms with E-state index in [0.717, 1.165) is 0 Å². The smallest absolute Gasteiger partial charge is 0.326 e. The molecule has 0 aromatic carbocycles. The first-order valence-electron chi connectivity index (χ1n) is 3.35. The average molecular weight is 167 g/mol. The minimum absolute atomic E-state index is 0.247. The molecule has 5 nitrogen and oxygen atoms in total. The molecule has 0 unspecified atom stereocenters. The summed E-state index contributed by atoms with van der Waals surface area (Å²) in [6.07, 6.45) is 5.28. The maximum absolute atomic E-state index is 10.6. The molecular formula is C7H9N3O2. The highest BCUT2D eigenvalue weighted by Crippen LogP contribution is 2.17. The fourth-order valence-electron chi connectivity index (χ4n) is 0.885. The van der Waals surface area contributed by atoms with E-state index < -0.39 is 11.7 Å². The van der Waals surface area contributed by atoms with E-state index in [1.165, 1.54) is 0 Å². The van der Waals surface area contributed by atoms with Gasteiger partial charge in [-0.15, -0.1) is 12.3 Å². The van der Waals surface area contributed by atoms with E-state index in [2.05, 4.69) is 15.9 Å². The van der Waals surface area contributed by atoms with Crippen LogP contribution in [0.1, 0.15) is 18.2 Å². The average Bonchev–Trinajstić information content (AvgIpc) is 2.30. The number of nitrogens with two attached hydrogens (primary N) is 1. The molecule has 0 aliphatic heterocycles. The number of terminal acetylenes is 1. The van der Waals surface area contributed by atoms with E-state index in [1.807, 2.05) is 0 Å². The number of H-pyrrole nitrogens is 2. The van der Waals surface area contributed by atoms with E-state index in [-0.39, 0.29) is 18.0 Å². The summed E-state index contributed by atoms with van der Waals surface area (Å²) in [5.74, 6) is 2.08. The van der Waals surface area contributed by atoms with Crippen LogP contribution in [-0.2, 0) is 0 Å². The molecule has 12 heavy (non-hydrogen) atoms.